The van der Waals surface area contributed by atoms with Gasteiger partial charge in [0, 0.05) is 40.1 Å². The number of fused-ring (bicyclic) bond motifs is 3. The molecule has 0 saturated carbocycles. The molecule has 3 heterocycles. The minimum Gasteiger partial charge on any atom is -0.355 e. The fourth-order valence-electron chi connectivity index (χ4n) is 4.58. The number of hydrogen-bond acceptors (Lipinski definition) is 5. The average Bonchev–Trinajstić information content (AvgIpc) is 3.38. The Morgan fingerprint density at radius 1 is 0.838 bits per heavy atom. The van der Waals surface area contributed by atoms with Gasteiger partial charge in [0.1, 0.15) is 5.69 Å². The zero-order valence-electron chi connectivity index (χ0n) is 20.5. The van der Waals surface area contributed by atoms with Crippen LogP contribution in [0.2, 0.25) is 0 Å². The molecular formula is C31H24N6. The van der Waals surface area contributed by atoms with Gasteiger partial charge in [0.15, 0.2) is 0 Å². The lowest BCUT2D eigenvalue weighted by Crippen LogP contribution is -2.13. The summed E-state index contributed by atoms with van der Waals surface area (Å²) in [7, 11) is 0. The monoisotopic (exact) mass is 480 g/mol. The van der Waals surface area contributed by atoms with Gasteiger partial charge in [-0.25, -0.2) is 0 Å². The van der Waals surface area contributed by atoms with Crippen molar-refractivity contribution in [2.45, 2.75) is 19.3 Å². The number of pyridine rings is 2. The minimum absolute atomic E-state index is 0.543. The topological polar surface area (TPSA) is 90.3 Å². The maximum absolute atomic E-state index is 9.49. The van der Waals surface area contributed by atoms with Crippen molar-refractivity contribution in [3.05, 3.63) is 103 Å². The number of rotatable bonds is 5. The predicted octanol–water partition coefficient (Wildman–Crippen LogP) is 7.38. The van der Waals surface area contributed by atoms with E-state index in [0.717, 1.165) is 61.1 Å². The fourth-order valence-corrected chi connectivity index (χ4v) is 4.58. The van der Waals surface area contributed by atoms with E-state index in [-0.39, 0.29) is 0 Å². The third-order valence-electron chi connectivity index (χ3n) is 6.72. The molecule has 3 aromatic heterocycles. The molecule has 3 aromatic carbocycles. The van der Waals surface area contributed by atoms with Gasteiger partial charge in [0.2, 0.25) is 0 Å². The normalized spacial score (nSPS) is 11.5. The van der Waals surface area contributed by atoms with Crippen LogP contribution in [0, 0.1) is 11.3 Å². The van der Waals surface area contributed by atoms with Crippen LogP contribution in [0.1, 0.15) is 19.4 Å². The summed E-state index contributed by atoms with van der Waals surface area (Å²) >= 11 is 0. The highest BCUT2D eigenvalue weighted by Crippen LogP contribution is 2.35. The SMILES string of the molecule is CC(C)(C#N)c1ccc(-c2n[nH]c3cnc4ccc(-c5cccc(Nc6ccncc6)c5)cc4c23)cc1. The van der Waals surface area contributed by atoms with Gasteiger partial charge in [0.05, 0.1) is 28.7 Å². The van der Waals surface area contributed by atoms with Gasteiger partial charge in [-0.2, -0.15) is 10.4 Å². The summed E-state index contributed by atoms with van der Waals surface area (Å²) in [6, 6.07) is 29.0. The van der Waals surface area contributed by atoms with Gasteiger partial charge in [-0.3, -0.25) is 15.1 Å². The van der Waals surface area contributed by atoms with Crippen LogP contribution in [-0.2, 0) is 5.41 Å². The molecule has 6 aromatic rings. The quantitative estimate of drug-likeness (QED) is 0.269. The number of hydrogen-bond donors (Lipinski definition) is 2. The summed E-state index contributed by atoms with van der Waals surface area (Å²) in [4.78, 5) is 8.74. The molecule has 6 rings (SSSR count). The number of aromatic amines is 1. The molecule has 0 bridgehead atoms. The molecule has 0 spiro atoms. The Morgan fingerprint density at radius 2 is 1.59 bits per heavy atom. The number of anilines is 2. The van der Waals surface area contributed by atoms with Crippen LogP contribution >= 0.6 is 0 Å². The molecule has 0 aliphatic carbocycles. The molecule has 6 nitrogen and oxygen atoms in total. The van der Waals surface area contributed by atoms with Crippen LogP contribution in [0.5, 0.6) is 0 Å². The third kappa shape index (κ3) is 4.17. The first kappa shape index (κ1) is 22.4. The van der Waals surface area contributed by atoms with Crippen LogP contribution < -0.4 is 5.32 Å². The second kappa shape index (κ2) is 8.89. The Balaban J connectivity index is 1.43. The summed E-state index contributed by atoms with van der Waals surface area (Å²) in [5, 5.41) is 22.8. The first-order valence-electron chi connectivity index (χ1n) is 12.1. The molecule has 2 N–H and O–H groups in total. The van der Waals surface area contributed by atoms with Gasteiger partial charge in [-0.15, -0.1) is 0 Å². The smallest absolute Gasteiger partial charge is 0.101 e. The van der Waals surface area contributed by atoms with Crippen molar-refractivity contribution in [2.24, 2.45) is 0 Å². The van der Waals surface area contributed by atoms with E-state index in [1.807, 2.05) is 56.4 Å². The highest BCUT2D eigenvalue weighted by atomic mass is 15.1. The average molecular weight is 481 g/mol. The molecule has 0 unspecified atom stereocenters. The second-order valence-electron chi connectivity index (χ2n) is 9.61. The zero-order chi connectivity index (χ0) is 25.4. The number of nitrogens with one attached hydrogen (secondary N) is 2. The maximum Gasteiger partial charge on any atom is 0.101 e. The lowest BCUT2D eigenvalue weighted by Gasteiger charge is -2.15. The van der Waals surface area contributed by atoms with Crippen molar-refractivity contribution < 1.29 is 0 Å². The van der Waals surface area contributed by atoms with E-state index in [2.05, 4.69) is 74.0 Å². The van der Waals surface area contributed by atoms with E-state index in [9.17, 15) is 5.26 Å². The fraction of sp³-hybridized carbons (Fsp3) is 0.0968. The summed E-state index contributed by atoms with van der Waals surface area (Å²) in [5.41, 5.74) is 8.28. The van der Waals surface area contributed by atoms with Crippen molar-refractivity contribution in [1.82, 2.24) is 20.2 Å². The number of aromatic nitrogens is 4. The molecule has 0 amide bonds. The molecular weight excluding hydrogens is 456 g/mol. The van der Waals surface area contributed by atoms with Crippen LogP contribution in [0.3, 0.4) is 0 Å². The molecule has 0 radical (unpaired) electrons. The summed E-state index contributed by atoms with van der Waals surface area (Å²) in [6.07, 6.45) is 5.38. The second-order valence-corrected chi connectivity index (χ2v) is 9.61. The van der Waals surface area contributed by atoms with Crippen molar-refractivity contribution in [3.63, 3.8) is 0 Å². The lowest BCUT2D eigenvalue weighted by molar-refractivity contribution is 0.687. The van der Waals surface area contributed by atoms with Crippen LogP contribution in [0.15, 0.2) is 97.5 Å². The highest BCUT2D eigenvalue weighted by molar-refractivity contribution is 6.11. The Labute approximate surface area is 214 Å². The van der Waals surface area contributed by atoms with Crippen molar-refractivity contribution >= 4 is 33.2 Å². The van der Waals surface area contributed by atoms with Crippen LogP contribution in [0.25, 0.3) is 44.2 Å². The minimum atomic E-state index is -0.543. The van der Waals surface area contributed by atoms with E-state index < -0.39 is 5.41 Å². The molecule has 178 valence electrons. The largest absolute Gasteiger partial charge is 0.355 e. The summed E-state index contributed by atoms with van der Waals surface area (Å²) < 4.78 is 0. The van der Waals surface area contributed by atoms with Gasteiger partial charge < -0.3 is 5.32 Å². The standard InChI is InChI=1S/C31H24N6/c1-31(2,19-32)23-9-6-20(7-10-23)30-29-26-17-22(8-11-27(26)34-18-28(29)36-37-30)21-4-3-5-25(16-21)35-24-12-14-33-15-13-24/h3-18H,1-2H3,(H,33,35)(H,36,37). The third-order valence-corrected chi connectivity index (χ3v) is 6.72. The van der Waals surface area contributed by atoms with E-state index in [0.29, 0.717) is 0 Å². The number of H-pyrrole nitrogens is 1. The maximum atomic E-state index is 9.49. The number of nitrogens with zero attached hydrogens (tertiary/aromatic N) is 4. The van der Waals surface area contributed by atoms with Crippen LogP contribution in [0.4, 0.5) is 11.4 Å². The number of nitriles is 1. The molecule has 6 heteroatoms. The highest BCUT2D eigenvalue weighted by Gasteiger charge is 2.20. The van der Waals surface area contributed by atoms with E-state index in [1.54, 1.807) is 12.4 Å². The first-order valence-corrected chi connectivity index (χ1v) is 12.1. The Hall–Kier alpha value is -5.02. The van der Waals surface area contributed by atoms with Crippen molar-refractivity contribution in [3.8, 4) is 28.5 Å². The molecule has 37 heavy (non-hydrogen) atoms. The van der Waals surface area contributed by atoms with E-state index >= 15 is 0 Å². The predicted molar refractivity (Wildman–Crippen MR) is 148 cm³/mol. The van der Waals surface area contributed by atoms with Gasteiger partial charge in [0.25, 0.3) is 0 Å². The van der Waals surface area contributed by atoms with E-state index in [1.165, 1.54) is 0 Å². The van der Waals surface area contributed by atoms with Crippen LogP contribution in [-0.4, -0.2) is 20.2 Å². The molecule has 0 saturated heterocycles. The molecule has 0 fully saturated rings. The van der Waals surface area contributed by atoms with Crippen molar-refractivity contribution in [1.29, 1.82) is 5.26 Å². The summed E-state index contributed by atoms with van der Waals surface area (Å²) in [5.74, 6) is 0. The Bertz CT molecular complexity index is 1780. The van der Waals surface area contributed by atoms with Crippen molar-refractivity contribution in [2.75, 3.05) is 5.32 Å². The summed E-state index contributed by atoms with van der Waals surface area (Å²) in [6.45, 7) is 3.85. The lowest BCUT2D eigenvalue weighted by atomic mass is 9.86. The van der Waals surface area contributed by atoms with Gasteiger partial charge in [-0.1, -0.05) is 42.5 Å². The first-order chi connectivity index (χ1) is 18.0. The van der Waals surface area contributed by atoms with Gasteiger partial charge >= 0.3 is 0 Å². The Kier molecular flexibility index (Phi) is 5.39. The Morgan fingerprint density at radius 3 is 2.38 bits per heavy atom. The molecule has 0 aliphatic rings. The molecule has 0 aliphatic heterocycles. The molecule has 0 atom stereocenters. The zero-order valence-corrected chi connectivity index (χ0v) is 20.5. The van der Waals surface area contributed by atoms with Gasteiger partial charge in [-0.05, 0) is 66.9 Å². The van der Waals surface area contributed by atoms with E-state index in [4.69, 9.17) is 0 Å². The number of benzene rings is 3.